The van der Waals surface area contributed by atoms with E-state index in [9.17, 15) is 8.78 Å². The van der Waals surface area contributed by atoms with Gasteiger partial charge in [-0.2, -0.15) is 0 Å². The highest BCUT2D eigenvalue weighted by Gasteiger charge is 2.31. The Morgan fingerprint density at radius 1 is 1.00 bits per heavy atom. The van der Waals surface area contributed by atoms with E-state index in [0.717, 1.165) is 52.2 Å². The van der Waals surface area contributed by atoms with E-state index >= 15 is 0 Å². The molecule has 170 valence electrons. The van der Waals surface area contributed by atoms with Crippen LogP contribution >= 0.6 is 0 Å². The first kappa shape index (κ1) is 20.5. The first-order chi connectivity index (χ1) is 16.6. The van der Waals surface area contributed by atoms with Crippen molar-refractivity contribution in [1.82, 2.24) is 24.1 Å². The van der Waals surface area contributed by atoms with E-state index in [1.54, 1.807) is 37.5 Å². The quantitative estimate of drug-likeness (QED) is 0.381. The Labute approximate surface area is 194 Å². The maximum Gasteiger partial charge on any atom is 0.222 e. The van der Waals surface area contributed by atoms with E-state index in [-0.39, 0.29) is 17.7 Å². The van der Waals surface area contributed by atoms with Gasteiger partial charge in [-0.05, 0) is 66.4 Å². The molecule has 0 amide bonds. The minimum Gasteiger partial charge on any atom is -0.357 e. The minimum atomic E-state index is -0.291. The van der Waals surface area contributed by atoms with Crippen molar-refractivity contribution in [3.63, 3.8) is 0 Å². The highest BCUT2D eigenvalue weighted by atomic mass is 19.1. The Morgan fingerprint density at radius 2 is 1.82 bits per heavy atom. The number of aromatic nitrogens is 5. The zero-order valence-corrected chi connectivity index (χ0v) is 18.5. The zero-order valence-electron chi connectivity index (χ0n) is 18.5. The molecule has 34 heavy (non-hydrogen) atoms. The third kappa shape index (κ3) is 3.42. The molecule has 6 rings (SSSR count). The maximum atomic E-state index is 13.9. The molecule has 0 aliphatic carbocycles. The lowest BCUT2D eigenvalue weighted by atomic mass is 10.1. The van der Waals surface area contributed by atoms with Crippen LogP contribution in [0.3, 0.4) is 0 Å². The predicted octanol–water partition coefficient (Wildman–Crippen LogP) is 5.47. The number of fused-ring (bicyclic) bond motifs is 2. The second kappa shape index (κ2) is 8.06. The second-order valence-corrected chi connectivity index (χ2v) is 8.48. The number of benzene rings is 2. The van der Waals surface area contributed by atoms with Crippen LogP contribution in [0.15, 0.2) is 67.0 Å². The van der Waals surface area contributed by atoms with Gasteiger partial charge in [-0.1, -0.05) is 0 Å². The molecule has 0 saturated carbocycles. The molecule has 0 spiro atoms. The molecule has 1 atom stereocenters. The molecule has 8 heteroatoms. The summed E-state index contributed by atoms with van der Waals surface area (Å²) in [5.41, 5.74) is 4.09. The van der Waals surface area contributed by atoms with Gasteiger partial charge in [0.1, 0.15) is 17.5 Å². The summed E-state index contributed by atoms with van der Waals surface area (Å²) in [6.07, 6.45) is 5.45. The van der Waals surface area contributed by atoms with Gasteiger partial charge >= 0.3 is 0 Å². The number of halogens is 2. The molecule has 4 heterocycles. The smallest absolute Gasteiger partial charge is 0.222 e. The Kier molecular flexibility index (Phi) is 4.86. The van der Waals surface area contributed by atoms with Crippen LogP contribution in [0.25, 0.3) is 33.5 Å². The topological polar surface area (TPSA) is 60.6 Å². The molecule has 1 aliphatic rings. The summed E-state index contributed by atoms with van der Waals surface area (Å²) >= 11 is 0. The molecule has 5 aromatic rings. The molecule has 0 bridgehead atoms. The fraction of sp³-hybridized carbons (Fsp3) is 0.192. The van der Waals surface area contributed by atoms with Gasteiger partial charge in [-0.15, -0.1) is 0 Å². The number of hydrogen-bond acceptors (Lipinski definition) is 4. The van der Waals surface area contributed by atoms with Gasteiger partial charge in [0.25, 0.3) is 0 Å². The maximum absolute atomic E-state index is 13.9. The summed E-state index contributed by atoms with van der Waals surface area (Å²) in [4.78, 5) is 13.9. The van der Waals surface area contributed by atoms with Crippen LogP contribution in [0.5, 0.6) is 0 Å². The van der Waals surface area contributed by atoms with Crippen molar-refractivity contribution in [2.75, 3.05) is 12.4 Å². The molecule has 0 radical (unpaired) electrons. The highest BCUT2D eigenvalue weighted by Crippen LogP contribution is 2.40. The number of imidazole rings is 1. The summed E-state index contributed by atoms with van der Waals surface area (Å²) in [5, 5.41) is 4.00. The number of aryl methyl sites for hydroxylation is 1. The first-order valence-corrected chi connectivity index (χ1v) is 11.2. The fourth-order valence-electron chi connectivity index (χ4n) is 4.85. The highest BCUT2D eigenvalue weighted by molar-refractivity contribution is 5.80. The predicted molar refractivity (Wildman–Crippen MR) is 127 cm³/mol. The van der Waals surface area contributed by atoms with Crippen LogP contribution < -0.4 is 5.32 Å². The number of rotatable bonds is 5. The van der Waals surface area contributed by atoms with Gasteiger partial charge in [0, 0.05) is 38.0 Å². The van der Waals surface area contributed by atoms with Crippen LogP contribution in [0, 0.1) is 11.6 Å². The van der Waals surface area contributed by atoms with E-state index in [4.69, 9.17) is 9.97 Å². The van der Waals surface area contributed by atoms with E-state index in [1.807, 2.05) is 18.3 Å². The Hall–Kier alpha value is -4.07. The molecule has 0 fully saturated rings. The van der Waals surface area contributed by atoms with Crippen molar-refractivity contribution < 1.29 is 8.78 Å². The Bertz CT molecular complexity index is 1500. The largest absolute Gasteiger partial charge is 0.357 e. The molecular weight excluding hydrogens is 434 g/mol. The molecular formula is C26H22F2N6. The molecule has 1 N–H and O–H groups in total. The van der Waals surface area contributed by atoms with Crippen LogP contribution in [-0.4, -0.2) is 31.1 Å². The molecule has 1 unspecified atom stereocenters. The number of hydrogen-bond donors (Lipinski definition) is 1. The van der Waals surface area contributed by atoms with Crippen molar-refractivity contribution >= 4 is 16.9 Å². The molecule has 3 aromatic heterocycles. The summed E-state index contributed by atoms with van der Waals surface area (Å²) in [7, 11) is 1.78. The molecule has 1 aliphatic heterocycles. The summed E-state index contributed by atoms with van der Waals surface area (Å²) in [6.45, 7) is 0.677. The van der Waals surface area contributed by atoms with Gasteiger partial charge in [0.2, 0.25) is 5.95 Å². The number of nitrogens with zero attached hydrogens (tertiary/aromatic N) is 5. The van der Waals surface area contributed by atoms with Crippen molar-refractivity contribution in [2.24, 2.45) is 0 Å². The van der Waals surface area contributed by atoms with Crippen molar-refractivity contribution in [2.45, 2.75) is 25.4 Å². The van der Waals surface area contributed by atoms with Gasteiger partial charge in [-0.3, -0.25) is 0 Å². The van der Waals surface area contributed by atoms with Crippen molar-refractivity contribution in [1.29, 1.82) is 0 Å². The Balaban J connectivity index is 1.49. The fourth-order valence-corrected chi connectivity index (χ4v) is 4.85. The average Bonchev–Trinajstić information content (AvgIpc) is 3.54. The average molecular weight is 457 g/mol. The number of nitrogens with one attached hydrogen (secondary N) is 1. The normalized spacial score (nSPS) is 15.1. The van der Waals surface area contributed by atoms with E-state index in [0.29, 0.717) is 12.5 Å². The zero-order chi connectivity index (χ0) is 23.2. The van der Waals surface area contributed by atoms with Gasteiger partial charge < -0.3 is 14.5 Å². The summed E-state index contributed by atoms with van der Waals surface area (Å²) < 4.78 is 31.9. The van der Waals surface area contributed by atoms with E-state index in [2.05, 4.69) is 19.4 Å². The van der Waals surface area contributed by atoms with Gasteiger partial charge in [-0.25, -0.2) is 23.7 Å². The third-order valence-corrected chi connectivity index (χ3v) is 6.43. The van der Waals surface area contributed by atoms with Gasteiger partial charge in [0.15, 0.2) is 0 Å². The summed E-state index contributed by atoms with van der Waals surface area (Å²) in [6, 6.07) is 15.2. The Morgan fingerprint density at radius 3 is 2.65 bits per heavy atom. The lowest BCUT2D eigenvalue weighted by Crippen LogP contribution is -2.13. The number of anilines is 1. The van der Waals surface area contributed by atoms with Crippen LogP contribution in [0.1, 0.15) is 18.3 Å². The van der Waals surface area contributed by atoms with Crippen molar-refractivity contribution in [3.8, 4) is 22.6 Å². The molecule has 2 aromatic carbocycles. The molecule has 0 saturated heterocycles. The van der Waals surface area contributed by atoms with E-state index < -0.39 is 0 Å². The monoisotopic (exact) mass is 456 g/mol. The van der Waals surface area contributed by atoms with E-state index in [1.165, 1.54) is 18.2 Å². The van der Waals surface area contributed by atoms with Gasteiger partial charge in [0.05, 0.1) is 28.6 Å². The van der Waals surface area contributed by atoms with Crippen LogP contribution in [-0.2, 0) is 13.0 Å². The van der Waals surface area contributed by atoms with Crippen LogP contribution in [0.4, 0.5) is 14.7 Å². The standard InChI is InChI=1S/C26H22F2N6/c1-29-26-30-12-10-21(31-26)25-24(17-3-5-18(27)6-4-17)32-23-9-8-20(34(23)25)15-33-13-11-16-2-7-19(28)14-22(16)33/h2-7,10-14,20H,8-9,15H2,1H3,(H,29,30,31). The first-order valence-electron chi connectivity index (χ1n) is 11.2. The SMILES string of the molecule is CNc1nccc(-c2c(-c3ccc(F)cc3)nc3n2C(Cn2ccc4ccc(F)cc42)CC3)n1. The lowest BCUT2D eigenvalue weighted by Gasteiger charge is -2.19. The second-order valence-electron chi connectivity index (χ2n) is 8.48. The summed E-state index contributed by atoms with van der Waals surface area (Å²) in [5.74, 6) is 0.939. The molecule has 6 nitrogen and oxygen atoms in total. The lowest BCUT2D eigenvalue weighted by molar-refractivity contribution is 0.459. The third-order valence-electron chi connectivity index (χ3n) is 6.43. The minimum absolute atomic E-state index is 0.110. The van der Waals surface area contributed by atoms with Crippen molar-refractivity contribution in [3.05, 3.63) is 84.4 Å². The van der Waals surface area contributed by atoms with Crippen LogP contribution in [0.2, 0.25) is 0 Å².